The van der Waals surface area contributed by atoms with Crippen LogP contribution < -0.4 is 5.32 Å². The van der Waals surface area contributed by atoms with Crippen molar-refractivity contribution < 1.29 is 0 Å². The smallest absolute Gasteiger partial charge is 0.0320 e. The molecule has 0 aliphatic carbocycles. The molecule has 0 saturated carbocycles. The number of benzene rings is 1. The molecule has 0 aliphatic heterocycles. The average molecular weight is 273 g/mol. The van der Waals surface area contributed by atoms with Gasteiger partial charge in [0, 0.05) is 6.04 Å². The van der Waals surface area contributed by atoms with E-state index in [1.807, 2.05) is 6.08 Å². The van der Waals surface area contributed by atoms with E-state index >= 15 is 0 Å². The van der Waals surface area contributed by atoms with Gasteiger partial charge >= 0.3 is 0 Å². The molecule has 1 unspecified atom stereocenters. The number of unbranched alkanes of at least 4 members (excludes halogenated alkanes) is 5. The van der Waals surface area contributed by atoms with E-state index in [9.17, 15) is 0 Å². The fourth-order valence-corrected chi connectivity index (χ4v) is 2.56. The maximum atomic E-state index is 3.77. The lowest BCUT2D eigenvalue weighted by atomic mass is 9.99. The van der Waals surface area contributed by atoms with Gasteiger partial charge in [-0.15, -0.1) is 6.58 Å². The maximum absolute atomic E-state index is 3.77. The van der Waals surface area contributed by atoms with E-state index in [4.69, 9.17) is 0 Å². The standard InChI is InChI=1S/C19H31N/c1-3-5-6-7-8-9-13-16-19(20-17-4-2)18-14-11-10-12-15-18/h3,10-12,14-15,19-20H,1,4-9,13,16-17H2,2H3. The molecule has 0 bridgehead atoms. The highest BCUT2D eigenvalue weighted by Gasteiger charge is 2.09. The van der Waals surface area contributed by atoms with E-state index in [1.165, 1.54) is 56.9 Å². The highest BCUT2D eigenvalue weighted by Crippen LogP contribution is 2.20. The molecule has 0 aliphatic rings. The first-order valence-corrected chi connectivity index (χ1v) is 8.27. The van der Waals surface area contributed by atoms with Gasteiger partial charge in [0.2, 0.25) is 0 Å². The quantitative estimate of drug-likeness (QED) is 0.383. The Bertz CT molecular complexity index is 331. The summed E-state index contributed by atoms with van der Waals surface area (Å²) in [5.41, 5.74) is 1.44. The van der Waals surface area contributed by atoms with E-state index < -0.39 is 0 Å². The molecule has 0 radical (unpaired) electrons. The van der Waals surface area contributed by atoms with Gasteiger partial charge < -0.3 is 5.32 Å². The monoisotopic (exact) mass is 273 g/mol. The zero-order valence-electron chi connectivity index (χ0n) is 13.1. The second-order valence-electron chi connectivity index (χ2n) is 5.55. The molecule has 1 aromatic carbocycles. The highest BCUT2D eigenvalue weighted by molar-refractivity contribution is 5.18. The summed E-state index contributed by atoms with van der Waals surface area (Å²) in [4.78, 5) is 0. The molecule has 0 spiro atoms. The van der Waals surface area contributed by atoms with Crippen LogP contribution in [0.2, 0.25) is 0 Å². The van der Waals surface area contributed by atoms with Gasteiger partial charge in [-0.25, -0.2) is 0 Å². The Balaban J connectivity index is 2.25. The van der Waals surface area contributed by atoms with Crippen LogP contribution in [0.3, 0.4) is 0 Å². The molecule has 1 aromatic rings. The predicted octanol–water partition coefficient (Wildman–Crippen LogP) is 5.64. The van der Waals surface area contributed by atoms with Gasteiger partial charge in [0.05, 0.1) is 0 Å². The summed E-state index contributed by atoms with van der Waals surface area (Å²) in [6.45, 7) is 7.11. The second kappa shape index (κ2) is 11.7. The van der Waals surface area contributed by atoms with Crippen molar-refractivity contribution in [2.24, 2.45) is 0 Å². The third kappa shape index (κ3) is 7.49. The van der Waals surface area contributed by atoms with Gasteiger partial charge in [-0.05, 0) is 37.8 Å². The summed E-state index contributed by atoms with van der Waals surface area (Å²) < 4.78 is 0. The Morgan fingerprint density at radius 1 is 1.05 bits per heavy atom. The Hall–Kier alpha value is -1.08. The van der Waals surface area contributed by atoms with Crippen molar-refractivity contribution in [1.82, 2.24) is 5.32 Å². The highest BCUT2D eigenvalue weighted by atomic mass is 14.9. The number of rotatable bonds is 12. The first-order chi connectivity index (χ1) is 9.88. The van der Waals surface area contributed by atoms with Crippen molar-refractivity contribution in [2.45, 2.75) is 64.3 Å². The van der Waals surface area contributed by atoms with Crippen molar-refractivity contribution in [3.63, 3.8) is 0 Å². The molecule has 1 N–H and O–H groups in total. The lowest BCUT2D eigenvalue weighted by Gasteiger charge is -2.19. The SMILES string of the molecule is C=CCCCCCCCC(NCCC)c1ccccc1. The van der Waals surface area contributed by atoms with Crippen molar-refractivity contribution in [3.05, 3.63) is 48.6 Å². The molecule has 0 saturated heterocycles. The minimum atomic E-state index is 0.532. The molecule has 0 amide bonds. The topological polar surface area (TPSA) is 12.0 Å². The van der Waals surface area contributed by atoms with E-state index in [0.717, 1.165) is 6.54 Å². The molecule has 112 valence electrons. The second-order valence-corrected chi connectivity index (χ2v) is 5.55. The first kappa shape index (κ1) is 17.0. The van der Waals surface area contributed by atoms with Crippen LogP contribution in [0.15, 0.2) is 43.0 Å². The Kier molecular flexibility index (Phi) is 9.95. The average Bonchev–Trinajstić information content (AvgIpc) is 2.50. The van der Waals surface area contributed by atoms with E-state index in [-0.39, 0.29) is 0 Å². The fourth-order valence-electron chi connectivity index (χ4n) is 2.56. The Morgan fingerprint density at radius 2 is 1.75 bits per heavy atom. The molecule has 1 nitrogen and oxygen atoms in total. The molecule has 1 heteroatoms. The Morgan fingerprint density at radius 3 is 2.45 bits per heavy atom. The zero-order chi connectivity index (χ0) is 14.5. The van der Waals surface area contributed by atoms with Crippen LogP contribution >= 0.6 is 0 Å². The van der Waals surface area contributed by atoms with Crippen molar-refractivity contribution in [2.75, 3.05) is 6.54 Å². The molecule has 1 rings (SSSR count). The minimum Gasteiger partial charge on any atom is -0.310 e. The summed E-state index contributed by atoms with van der Waals surface area (Å²) >= 11 is 0. The lowest BCUT2D eigenvalue weighted by Crippen LogP contribution is -2.22. The number of nitrogens with one attached hydrogen (secondary N) is 1. The third-order valence-corrected chi connectivity index (χ3v) is 3.74. The summed E-state index contributed by atoms with van der Waals surface area (Å²) in [5.74, 6) is 0. The summed E-state index contributed by atoms with van der Waals surface area (Å²) in [5, 5.41) is 3.68. The first-order valence-electron chi connectivity index (χ1n) is 8.27. The minimum absolute atomic E-state index is 0.532. The van der Waals surface area contributed by atoms with Crippen molar-refractivity contribution in [3.8, 4) is 0 Å². The number of hydrogen-bond acceptors (Lipinski definition) is 1. The molecule has 20 heavy (non-hydrogen) atoms. The van der Waals surface area contributed by atoms with Gasteiger partial charge in [0.1, 0.15) is 0 Å². The normalized spacial score (nSPS) is 12.2. The van der Waals surface area contributed by atoms with Crippen LogP contribution in [0.25, 0.3) is 0 Å². The summed E-state index contributed by atoms with van der Waals surface area (Å²) in [6.07, 6.45) is 12.4. The molecule has 0 heterocycles. The van der Waals surface area contributed by atoms with Crippen molar-refractivity contribution >= 4 is 0 Å². The van der Waals surface area contributed by atoms with Crippen LogP contribution in [0, 0.1) is 0 Å². The lowest BCUT2D eigenvalue weighted by molar-refractivity contribution is 0.467. The summed E-state index contributed by atoms with van der Waals surface area (Å²) in [6, 6.07) is 11.4. The van der Waals surface area contributed by atoms with Gasteiger partial charge in [-0.1, -0.05) is 69.0 Å². The summed E-state index contributed by atoms with van der Waals surface area (Å²) in [7, 11) is 0. The molecular formula is C19H31N. The molecule has 1 atom stereocenters. The van der Waals surface area contributed by atoms with Gasteiger partial charge in [0.25, 0.3) is 0 Å². The Labute approximate surface area is 125 Å². The van der Waals surface area contributed by atoms with Crippen molar-refractivity contribution in [1.29, 1.82) is 0 Å². The van der Waals surface area contributed by atoms with E-state index in [2.05, 4.69) is 49.2 Å². The number of allylic oxidation sites excluding steroid dienone is 1. The van der Waals surface area contributed by atoms with Crippen LogP contribution in [0.1, 0.15) is 69.9 Å². The number of hydrogen-bond donors (Lipinski definition) is 1. The third-order valence-electron chi connectivity index (χ3n) is 3.74. The predicted molar refractivity (Wildman–Crippen MR) is 90.0 cm³/mol. The maximum Gasteiger partial charge on any atom is 0.0320 e. The zero-order valence-corrected chi connectivity index (χ0v) is 13.1. The van der Waals surface area contributed by atoms with Crippen LogP contribution in [0.5, 0.6) is 0 Å². The van der Waals surface area contributed by atoms with Gasteiger partial charge in [0.15, 0.2) is 0 Å². The van der Waals surface area contributed by atoms with E-state index in [0.29, 0.717) is 6.04 Å². The fraction of sp³-hybridized carbons (Fsp3) is 0.579. The van der Waals surface area contributed by atoms with Crippen LogP contribution in [0.4, 0.5) is 0 Å². The van der Waals surface area contributed by atoms with Gasteiger partial charge in [-0.2, -0.15) is 0 Å². The van der Waals surface area contributed by atoms with Gasteiger partial charge in [-0.3, -0.25) is 0 Å². The molecule has 0 fully saturated rings. The van der Waals surface area contributed by atoms with Crippen LogP contribution in [-0.4, -0.2) is 6.54 Å². The van der Waals surface area contributed by atoms with Crippen LogP contribution in [-0.2, 0) is 0 Å². The molecular weight excluding hydrogens is 242 g/mol. The largest absolute Gasteiger partial charge is 0.310 e. The van der Waals surface area contributed by atoms with E-state index in [1.54, 1.807) is 0 Å². The molecule has 0 aromatic heterocycles.